The van der Waals surface area contributed by atoms with Crippen LogP contribution in [0.4, 0.5) is 18.3 Å². The van der Waals surface area contributed by atoms with Gasteiger partial charge in [-0.3, -0.25) is 0 Å². The van der Waals surface area contributed by atoms with E-state index in [1.165, 1.54) is 22.1 Å². The highest BCUT2D eigenvalue weighted by Crippen LogP contribution is 2.33. The topological polar surface area (TPSA) is 66.2 Å². The third-order valence-corrected chi connectivity index (χ3v) is 6.01. The summed E-state index contributed by atoms with van der Waals surface area (Å²) < 4.78 is 41.8. The minimum Gasteiger partial charge on any atom is -0.506 e. The highest BCUT2D eigenvalue weighted by molar-refractivity contribution is 7.22. The average molecular weight is 425 g/mol. The number of thiazole rings is 1. The van der Waals surface area contributed by atoms with Crippen LogP contribution >= 0.6 is 11.3 Å². The van der Waals surface area contributed by atoms with Gasteiger partial charge in [0.05, 0.1) is 10.9 Å². The summed E-state index contributed by atoms with van der Waals surface area (Å²) in [5.41, 5.74) is 1.12. The summed E-state index contributed by atoms with van der Waals surface area (Å²) in [5.74, 6) is -0.0381. The number of halogens is 3. The van der Waals surface area contributed by atoms with Crippen molar-refractivity contribution >= 4 is 26.8 Å². The summed E-state index contributed by atoms with van der Waals surface area (Å²) in [6.45, 7) is 3.61. The number of alkyl halides is 3. The number of likely N-dealkylation sites (tertiary alicyclic amines) is 1. The number of rotatable bonds is 5. The Hall–Kier alpha value is -2.33. The Morgan fingerprint density at radius 3 is 2.79 bits per heavy atom. The third kappa shape index (κ3) is 4.18. The van der Waals surface area contributed by atoms with E-state index in [0.717, 1.165) is 17.3 Å². The quantitative estimate of drug-likeness (QED) is 0.643. The monoisotopic (exact) mass is 425 g/mol. The van der Waals surface area contributed by atoms with Crippen LogP contribution in [0.2, 0.25) is 0 Å². The second-order valence-electron chi connectivity index (χ2n) is 7.59. The van der Waals surface area contributed by atoms with Crippen molar-refractivity contribution in [2.45, 2.75) is 25.9 Å². The van der Waals surface area contributed by atoms with Crippen LogP contribution in [0.1, 0.15) is 24.0 Å². The highest BCUT2D eigenvalue weighted by Gasteiger charge is 2.25. The van der Waals surface area contributed by atoms with Gasteiger partial charge in [0.2, 0.25) is 0 Å². The fraction of sp³-hybridized carbons (Fsp3) is 0.474. The zero-order chi connectivity index (χ0) is 20.7. The molecule has 0 saturated carbocycles. The first-order chi connectivity index (χ1) is 13.8. The Bertz CT molecular complexity index is 956. The molecule has 0 radical (unpaired) electrons. The molecular weight excluding hydrogens is 403 g/mol. The summed E-state index contributed by atoms with van der Waals surface area (Å²) in [6, 6.07) is 2.40. The van der Waals surface area contributed by atoms with Crippen LogP contribution in [0.15, 0.2) is 18.3 Å². The molecule has 3 heterocycles. The molecule has 0 spiro atoms. The molecule has 29 heavy (non-hydrogen) atoms. The number of aromatic hydroxyl groups is 1. The summed E-state index contributed by atoms with van der Waals surface area (Å²) in [7, 11) is 1.92. The molecule has 0 amide bonds. The number of nitrogens with one attached hydrogen (secondary N) is 1. The van der Waals surface area contributed by atoms with Crippen LogP contribution in [0.3, 0.4) is 0 Å². The van der Waals surface area contributed by atoms with E-state index in [1.807, 2.05) is 11.9 Å². The minimum absolute atomic E-state index is 0.216. The van der Waals surface area contributed by atoms with Crippen molar-refractivity contribution in [3.8, 4) is 11.4 Å². The van der Waals surface area contributed by atoms with Crippen molar-refractivity contribution in [3.63, 3.8) is 0 Å². The number of piperidine rings is 1. The summed E-state index contributed by atoms with van der Waals surface area (Å²) in [6.07, 6.45) is -1.19. The molecular formula is C19H22F3N5OS. The van der Waals surface area contributed by atoms with Crippen LogP contribution in [-0.4, -0.2) is 57.6 Å². The molecule has 6 nitrogen and oxygen atoms in total. The van der Waals surface area contributed by atoms with Gasteiger partial charge in [0.1, 0.15) is 17.6 Å². The molecule has 0 bridgehead atoms. The first-order valence-electron chi connectivity index (χ1n) is 9.35. The van der Waals surface area contributed by atoms with Crippen LogP contribution < -0.4 is 5.32 Å². The van der Waals surface area contributed by atoms with E-state index in [2.05, 4.69) is 15.4 Å². The number of phenolic OH excluding ortho intramolecular Hbond substituents is 1. The van der Waals surface area contributed by atoms with Gasteiger partial charge in [-0.05, 0) is 44.0 Å². The van der Waals surface area contributed by atoms with Crippen LogP contribution in [0.25, 0.3) is 16.0 Å². The molecule has 0 unspecified atom stereocenters. The Balaban J connectivity index is 1.50. The summed E-state index contributed by atoms with van der Waals surface area (Å²) in [5, 5.41) is 18.6. The third-order valence-electron chi connectivity index (χ3n) is 5.07. The van der Waals surface area contributed by atoms with Gasteiger partial charge in [-0.1, -0.05) is 11.3 Å². The number of fused-ring (bicyclic) bond motifs is 1. The van der Waals surface area contributed by atoms with Crippen molar-refractivity contribution in [1.82, 2.24) is 19.7 Å². The van der Waals surface area contributed by atoms with Gasteiger partial charge in [0, 0.05) is 25.2 Å². The standard InChI is InChI=1S/C19H22F3N5OS/c1-10-3-12(17(21)22)5-14(28)16(10)27-9-15-18(25-27)24-19(29-15)23-6-11-4-13(20)8-26(2)7-11/h3,5,9,11,13,17,28H,4,6-8H2,1-2H3,(H,23,24,25)/t11-,13+/m0/s1. The lowest BCUT2D eigenvalue weighted by Gasteiger charge is -2.32. The molecule has 10 heteroatoms. The maximum Gasteiger partial charge on any atom is 0.263 e. The van der Waals surface area contributed by atoms with E-state index in [4.69, 9.17) is 0 Å². The Labute approximate surface area is 170 Å². The maximum absolute atomic E-state index is 13.7. The van der Waals surface area contributed by atoms with Gasteiger partial charge in [0.25, 0.3) is 6.43 Å². The van der Waals surface area contributed by atoms with E-state index in [-0.39, 0.29) is 17.2 Å². The van der Waals surface area contributed by atoms with E-state index in [9.17, 15) is 18.3 Å². The maximum atomic E-state index is 13.7. The Morgan fingerprint density at radius 1 is 1.34 bits per heavy atom. The lowest BCUT2D eigenvalue weighted by Crippen LogP contribution is -2.41. The highest BCUT2D eigenvalue weighted by atomic mass is 32.1. The zero-order valence-electron chi connectivity index (χ0n) is 16.1. The number of aromatic nitrogens is 3. The first kappa shape index (κ1) is 20.0. The molecule has 2 atom stereocenters. The van der Waals surface area contributed by atoms with Gasteiger partial charge in [-0.25, -0.2) is 17.9 Å². The van der Waals surface area contributed by atoms with Crippen LogP contribution in [0, 0.1) is 12.8 Å². The molecule has 3 aromatic rings. The molecule has 1 aliphatic rings. The summed E-state index contributed by atoms with van der Waals surface area (Å²) >= 11 is 1.41. The molecule has 1 saturated heterocycles. The minimum atomic E-state index is -2.65. The normalized spacial score (nSPS) is 20.6. The fourth-order valence-electron chi connectivity index (χ4n) is 3.87. The van der Waals surface area contributed by atoms with Crippen molar-refractivity contribution in [2.24, 2.45) is 5.92 Å². The van der Waals surface area contributed by atoms with E-state index in [1.54, 1.807) is 13.1 Å². The van der Waals surface area contributed by atoms with E-state index >= 15 is 0 Å². The van der Waals surface area contributed by atoms with Crippen molar-refractivity contribution in [2.75, 3.05) is 32.0 Å². The number of nitrogens with zero attached hydrogens (tertiary/aromatic N) is 4. The second kappa shape index (κ2) is 7.83. The molecule has 2 N–H and O–H groups in total. The molecule has 1 fully saturated rings. The smallest absolute Gasteiger partial charge is 0.263 e. The molecule has 4 rings (SSSR count). The largest absolute Gasteiger partial charge is 0.506 e. The van der Waals surface area contributed by atoms with Gasteiger partial charge >= 0.3 is 0 Å². The van der Waals surface area contributed by atoms with E-state index in [0.29, 0.717) is 41.5 Å². The van der Waals surface area contributed by atoms with Crippen molar-refractivity contribution in [1.29, 1.82) is 0 Å². The Kier molecular flexibility index (Phi) is 5.39. The van der Waals surface area contributed by atoms with Crippen molar-refractivity contribution < 1.29 is 18.3 Å². The average Bonchev–Trinajstić information content (AvgIpc) is 3.17. The summed E-state index contributed by atoms with van der Waals surface area (Å²) in [4.78, 5) is 6.45. The number of hydrogen-bond acceptors (Lipinski definition) is 6. The number of hydrogen-bond donors (Lipinski definition) is 2. The lowest BCUT2D eigenvalue weighted by atomic mass is 9.97. The van der Waals surface area contributed by atoms with Gasteiger partial charge in [-0.2, -0.15) is 4.98 Å². The SMILES string of the molecule is Cc1cc(C(F)F)cc(O)c1-n1cc2sc(NC[C@@H]3C[C@@H](F)CN(C)C3)nc2n1. The Morgan fingerprint density at radius 2 is 2.14 bits per heavy atom. The van der Waals surface area contributed by atoms with Crippen LogP contribution in [-0.2, 0) is 0 Å². The van der Waals surface area contributed by atoms with Gasteiger partial charge in [0.15, 0.2) is 10.8 Å². The molecule has 156 valence electrons. The number of anilines is 1. The molecule has 1 aliphatic heterocycles. The van der Waals surface area contributed by atoms with E-state index < -0.39 is 12.6 Å². The number of phenols is 1. The lowest BCUT2D eigenvalue weighted by molar-refractivity contribution is 0.122. The van der Waals surface area contributed by atoms with Gasteiger partial charge in [-0.15, -0.1) is 5.10 Å². The predicted octanol–water partition coefficient (Wildman–Crippen LogP) is 4.14. The first-order valence-corrected chi connectivity index (χ1v) is 10.2. The molecule has 1 aromatic carbocycles. The number of aryl methyl sites for hydroxylation is 1. The fourth-order valence-corrected chi connectivity index (χ4v) is 4.69. The molecule has 2 aromatic heterocycles. The molecule has 0 aliphatic carbocycles. The van der Waals surface area contributed by atoms with Crippen LogP contribution in [0.5, 0.6) is 5.75 Å². The zero-order valence-corrected chi connectivity index (χ0v) is 16.9. The second-order valence-corrected chi connectivity index (χ2v) is 8.62. The predicted molar refractivity (Wildman–Crippen MR) is 107 cm³/mol. The van der Waals surface area contributed by atoms with Gasteiger partial charge < -0.3 is 15.3 Å². The number of benzene rings is 1. The van der Waals surface area contributed by atoms with Crippen molar-refractivity contribution in [3.05, 3.63) is 29.5 Å².